The monoisotopic (exact) mass is 219 g/mol. The molecule has 0 bridgehead atoms. The van der Waals surface area contributed by atoms with Crippen LogP contribution in [0.25, 0.3) is 0 Å². The summed E-state index contributed by atoms with van der Waals surface area (Å²) < 4.78 is 4.52. The molecule has 0 heterocycles. The van der Waals surface area contributed by atoms with Gasteiger partial charge in [-0.3, -0.25) is 4.79 Å². The number of methoxy groups -OCH3 is 1. The van der Waals surface area contributed by atoms with Crippen LogP contribution in [0.3, 0.4) is 0 Å². The lowest BCUT2D eigenvalue weighted by Gasteiger charge is -2.05. The summed E-state index contributed by atoms with van der Waals surface area (Å²) in [5.74, 6) is -0.247. The number of hydrogen-bond donors (Lipinski definition) is 1. The molecule has 0 radical (unpaired) electrons. The first kappa shape index (κ1) is 12.5. The Morgan fingerprint density at radius 3 is 2.75 bits per heavy atom. The zero-order valence-corrected chi connectivity index (χ0v) is 9.43. The van der Waals surface area contributed by atoms with Gasteiger partial charge in [0, 0.05) is 6.04 Å². The first-order valence-corrected chi connectivity index (χ1v) is 5.25. The van der Waals surface area contributed by atoms with Gasteiger partial charge in [-0.1, -0.05) is 42.5 Å². The molecule has 0 amide bonds. The van der Waals surface area contributed by atoms with Crippen LogP contribution in [0.1, 0.15) is 12.0 Å². The maximum Gasteiger partial charge on any atom is 0.309 e. The Bertz CT molecular complexity index is 346. The maximum absolute atomic E-state index is 10.8. The van der Waals surface area contributed by atoms with Crippen LogP contribution in [0, 0.1) is 0 Å². The van der Waals surface area contributed by atoms with Gasteiger partial charge in [-0.2, -0.15) is 0 Å². The van der Waals surface area contributed by atoms with Crippen molar-refractivity contribution >= 4 is 5.97 Å². The fourth-order valence-electron chi connectivity index (χ4n) is 1.38. The zero-order valence-electron chi connectivity index (χ0n) is 9.43. The van der Waals surface area contributed by atoms with Gasteiger partial charge in [0.1, 0.15) is 0 Å². The van der Waals surface area contributed by atoms with E-state index in [0.717, 1.165) is 6.42 Å². The van der Waals surface area contributed by atoms with Crippen molar-refractivity contribution in [3.05, 3.63) is 48.0 Å². The van der Waals surface area contributed by atoms with E-state index in [2.05, 4.69) is 4.74 Å². The molecule has 0 aliphatic rings. The Kier molecular flexibility index (Phi) is 5.29. The average Bonchev–Trinajstić information content (AvgIpc) is 2.30. The van der Waals surface area contributed by atoms with Crippen LogP contribution in [0.4, 0.5) is 0 Å². The van der Waals surface area contributed by atoms with Crippen LogP contribution in [-0.2, 0) is 16.0 Å². The first-order valence-electron chi connectivity index (χ1n) is 5.25. The topological polar surface area (TPSA) is 52.3 Å². The fourth-order valence-corrected chi connectivity index (χ4v) is 1.38. The lowest BCUT2D eigenvalue weighted by Crippen LogP contribution is -2.19. The second-order valence-corrected chi connectivity index (χ2v) is 3.56. The molecule has 3 nitrogen and oxygen atoms in total. The van der Waals surface area contributed by atoms with Crippen molar-refractivity contribution in [3.8, 4) is 0 Å². The van der Waals surface area contributed by atoms with Crippen LogP contribution >= 0.6 is 0 Å². The van der Waals surface area contributed by atoms with Crippen LogP contribution in [-0.4, -0.2) is 19.1 Å². The standard InChI is InChI=1S/C13H17NO2/c1-16-13(15)9-5-8-12(14)10-11-6-3-2-4-7-11/h2-8,12H,9-10,14H2,1H3/t12-/m1/s1. The van der Waals surface area contributed by atoms with E-state index in [4.69, 9.17) is 5.73 Å². The van der Waals surface area contributed by atoms with Gasteiger partial charge in [-0.05, 0) is 12.0 Å². The summed E-state index contributed by atoms with van der Waals surface area (Å²) in [5.41, 5.74) is 7.09. The molecule has 0 spiro atoms. The molecule has 1 aromatic rings. The molecule has 0 aliphatic heterocycles. The number of ether oxygens (including phenoxy) is 1. The van der Waals surface area contributed by atoms with Crippen molar-refractivity contribution < 1.29 is 9.53 Å². The molecule has 1 atom stereocenters. The highest BCUT2D eigenvalue weighted by Gasteiger charge is 2.00. The second kappa shape index (κ2) is 6.80. The van der Waals surface area contributed by atoms with Crippen LogP contribution in [0.15, 0.2) is 42.5 Å². The molecular weight excluding hydrogens is 202 g/mol. The summed E-state index contributed by atoms with van der Waals surface area (Å²) in [7, 11) is 1.38. The van der Waals surface area contributed by atoms with Crippen molar-refractivity contribution in [3.63, 3.8) is 0 Å². The lowest BCUT2D eigenvalue weighted by atomic mass is 10.1. The Morgan fingerprint density at radius 1 is 1.44 bits per heavy atom. The van der Waals surface area contributed by atoms with Gasteiger partial charge in [0.25, 0.3) is 0 Å². The van der Waals surface area contributed by atoms with E-state index in [1.165, 1.54) is 12.7 Å². The smallest absolute Gasteiger partial charge is 0.309 e. The van der Waals surface area contributed by atoms with Gasteiger partial charge >= 0.3 is 5.97 Å². The second-order valence-electron chi connectivity index (χ2n) is 3.56. The summed E-state index contributed by atoms with van der Waals surface area (Å²) >= 11 is 0. The number of rotatable bonds is 5. The molecule has 1 rings (SSSR count). The number of carbonyl (C=O) groups is 1. The summed E-state index contributed by atoms with van der Waals surface area (Å²) in [4.78, 5) is 10.8. The third-order valence-corrected chi connectivity index (χ3v) is 2.21. The number of hydrogen-bond acceptors (Lipinski definition) is 3. The minimum atomic E-state index is -0.247. The molecule has 3 heteroatoms. The van der Waals surface area contributed by atoms with Gasteiger partial charge in [0.15, 0.2) is 0 Å². The minimum Gasteiger partial charge on any atom is -0.469 e. The summed E-state index contributed by atoms with van der Waals surface area (Å²) in [6.45, 7) is 0. The van der Waals surface area contributed by atoms with E-state index in [1.807, 2.05) is 36.4 Å². The van der Waals surface area contributed by atoms with Gasteiger partial charge < -0.3 is 10.5 Å². The summed E-state index contributed by atoms with van der Waals surface area (Å²) in [6.07, 6.45) is 4.64. The predicted octanol–water partition coefficient (Wildman–Crippen LogP) is 1.68. The fraction of sp³-hybridized carbons (Fsp3) is 0.308. The minimum absolute atomic E-state index is 0.0629. The van der Waals surface area contributed by atoms with Gasteiger partial charge in [-0.25, -0.2) is 0 Å². The van der Waals surface area contributed by atoms with E-state index >= 15 is 0 Å². The van der Waals surface area contributed by atoms with E-state index < -0.39 is 0 Å². The third-order valence-electron chi connectivity index (χ3n) is 2.21. The van der Waals surface area contributed by atoms with E-state index in [0.29, 0.717) is 0 Å². The van der Waals surface area contributed by atoms with Crippen molar-refractivity contribution in [1.82, 2.24) is 0 Å². The molecule has 16 heavy (non-hydrogen) atoms. The Balaban J connectivity index is 2.36. The lowest BCUT2D eigenvalue weighted by molar-refractivity contribution is -0.139. The Hall–Kier alpha value is -1.61. The molecular formula is C13H17NO2. The maximum atomic E-state index is 10.8. The normalized spacial score (nSPS) is 12.6. The predicted molar refractivity (Wildman–Crippen MR) is 63.9 cm³/mol. The highest BCUT2D eigenvalue weighted by atomic mass is 16.5. The van der Waals surface area contributed by atoms with E-state index in [9.17, 15) is 4.79 Å². The SMILES string of the molecule is COC(=O)CC=C[C@@H](N)Cc1ccccc1. The quantitative estimate of drug-likeness (QED) is 0.605. The van der Waals surface area contributed by atoms with Gasteiger partial charge in [0.05, 0.1) is 13.5 Å². The van der Waals surface area contributed by atoms with Crippen LogP contribution < -0.4 is 5.73 Å². The van der Waals surface area contributed by atoms with Crippen molar-refractivity contribution in [2.45, 2.75) is 18.9 Å². The molecule has 0 aromatic heterocycles. The highest BCUT2D eigenvalue weighted by molar-refractivity contribution is 5.70. The van der Waals surface area contributed by atoms with Crippen molar-refractivity contribution in [2.75, 3.05) is 7.11 Å². The van der Waals surface area contributed by atoms with E-state index in [-0.39, 0.29) is 18.4 Å². The zero-order chi connectivity index (χ0) is 11.8. The molecule has 0 saturated heterocycles. The van der Waals surface area contributed by atoms with Gasteiger partial charge in [0.2, 0.25) is 0 Å². The van der Waals surface area contributed by atoms with Gasteiger partial charge in [-0.15, -0.1) is 0 Å². The molecule has 0 aliphatic carbocycles. The van der Waals surface area contributed by atoms with Crippen molar-refractivity contribution in [2.24, 2.45) is 5.73 Å². The third kappa shape index (κ3) is 4.75. The largest absolute Gasteiger partial charge is 0.469 e. The molecule has 0 unspecified atom stereocenters. The number of nitrogens with two attached hydrogens (primary N) is 1. The molecule has 0 saturated carbocycles. The van der Waals surface area contributed by atoms with Crippen LogP contribution in [0.5, 0.6) is 0 Å². The molecule has 1 aromatic carbocycles. The van der Waals surface area contributed by atoms with E-state index in [1.54, 1.807) is 6.08 Å². The van der Waals surface area contributed by atoms with Crippen molar-refractivity contribution in [1.29, 1.82) is 0 Å². The molecule has 2 N–H and O–H groups in total. The van der Waals surface area contributed by atoms with Crippen LogP contribution in [0.2, 0.25) is 0 Å². The molecule has 86 valence electrons. The summed E-state index contributed by atoms with van der Waals surface area (Å²) in [5, 5.41) is 0. The first-order chi connectivity index (χ1) is 7.72. The average molecular weight is 219 g/mol. The summed E-state index contributed by atoms with van der Waals surface area (Å²) in [6, 6.07) is 9.96. The number of carbonyl (C=O) groups excluding carboxylic acids is 1. The highest BCUT2D eigenvalue weighted by Crippen LogP contribution is 2.02. The Morgan fingerprint density at radius 2 is 2.12 bits per heavy atom. The Labute approximate surface area is 95.9 Å². The number of benzene rings is 1. The molecule has 0 fully saturated rings. The number of esters is 1.